The molecule has 0 aliphatic carbocycles. The molecule has 2 aromatic rings. The van der Waals surface area contributed by atoms with Crippen molar-refractivity contribution in [2.75, 3.05) is 5.32 Å². The summed E-state index contributed by atoms with van der Waals surface area (Å²) in [5.41, 5.74) is 1.32. The van der Waals surface area contributed by atoms with Gasteiger partial charge in [-0.3, -0.25) is 4.79 Å². The van der Waals surface area contributed by atoms with Crippen molar-refractivity contribution in [2.24, 2.45) is 7.05 Å². The highest BCUT2D eigenvalue weighted by atomic mass is 79.9. The number of nitrogens with zero attached hydrogens (tertiary/aromatic N) is 4. The molecule has 2 rings (SSSR count). The van der Waals surface area contributed by atoms with Crippen LogP contribution in [0.2, 0.25) is 0 Å². The van der Waals surface area contributed by atoms with Gasteiger partial charge in [-0.15, -0.1) is 0 Å². The van der Waals surface area contributed by atoms with Gasteiger partial charge in [-0.1, -0.05) is 0 Å². The minimum absolute atomic E-state index is 0.182. The van der Waals surface area contributed by atoms with Gasteiger partial charge in [0, 0.05) is 13.2 Å². The molecule has 0 fully saturated rings. The van der Waals surface area contributed by atoms with Crippen LogP contribution in [0.1, 0.15) is 11.5 Å². The number of hydrogen-bond acceptors (Lipinski definition) is 5. The monoisotopic (exact) mass is 309 g/mol. The quantitative estimate of drug-likeness (QED) is 0.924. The standard InChI is InChI=1S/C11H12BrN5O/c1-7-13-4-3-8(16-7)5-14-9-6-15-17(2)11(18)10(9)12/h3-4,6,14H,5H2,1-2H3. The van der Waals surface area contributed by atoms with Gasteiger partial charge in [0.25, 0.3) is 5.56 Å². The maximum Gasteiger partial charge on any atom is 0.282 e. The average molecular weight is 310 g/mol. The Labute approximate surface area is 112 Å². The molecule has 2 aromatic heterocycles. The van der Waals surface area contributed by atoms with Gasteiger partial charge in [0.2, 0.25) is 0 Å². The molecule has 0 aliphatic heterocycles. The van der Waals surface area contributed by atoms with Crippen molar-refractivity contribution >= 4 is 21.6 Å². The fourth-order valence-electron chi connectivity index (χ4n) is 1.42. The normalized spacial score (nSPS) is 10.4. The fraction of sp³-hybridized carbons (Fsp3) is 0.273. The molecule has 18 heavy (non-hydrogen) atoms. The van der Waals surface area contributed by atoms with Gasteiger partial charge in [0.15, 0.2) is 0 Å². The summed E-state index contributed by atoms with van der Waals surface area (Å²) < 4.78 is 1.73. The molecule has 0 atom stereocenters. The summed E-state index contributed by atoms with van der Waals surface area (Å²) >= 11 is 3.25. The lowest BCUT2D eigenvalue weighted by molar-refractivity contribution is 0.703. The Morgan fingerprint density at radius 1 is 1.50 bits per heavy atom. The van der Waals surface area contributed by atoms with Crippen LogP contribution in [-0.2, 0) is 13.6 Å². The van der Waals surface area contributed by atoms with Gasteiger partial charge in [0.05, 0.1) is 24.1 Å². The van der Waals surface area contributed by atoms with Gasteiger partial charge in [-0.05, 0) is 28.9 Å². The van der Waals surface area contributed by atoms with Crippen molar-refractivity contribution in [3.63, 3.8) is 0 Å². The molecular formula is C11H12BrN5O. The van der Waals surface area contributed by atoms with E-state index in [-0.39, 0.29) is 5.56 Å². The van der Waals surface area contributed by atoms with Crippen LogP contribution in [0.25, 0.3) is 0 Å². The lowest BCUT2D eigenvalue weighted by Crippen LogP contribution is -2.21. The van der Waals surface area contributed by atoms with Crippen LogP contribution in [0, 0.1) is 6.92 Å². The Balaban J connectivity index is 2.16. The number of hydrogen-bond donors (Lipinski definition) is 1. The van der Waals surface area contributed by atoms with Crippen LogP contribution in [-0.4, -0.2) is 19.7 Å². The predicted octanol–water partition coefficient (Wildman–Crippen LogP) is 1.25. The number of rotatable bonds is 3. The molecule has 94 valence electrons. The molecule has 0 radical (unpaired) electrons. The third-order valence-corrected chi connectivity index (χ3v) is 3.14. The van der Waals surface area contributed by atoms with Crippen LogP contribution < -0.4 is 10.9 Å². The SMILES string of the molecule is Cc1nccc(CNc2cnn(C)c(=O)c2Br)n1. The van der Waals surface area contributed by atoms with Gasteiger partial charge >= 0.3 is 0 Å². The second-order valence-corrected chi connectivity index (χ2v) is 4.54. The van der Waals surface area contributed by atoms with Crippen molar-refractivity contribution in [1.82, 2.24) is 19.7 Å². The van der Waals surface area contributed by atoms with Crippen LogP contribution in [0.5, 0.6) is 0 Å². The van der Waals surface area contributed by atoms with Gasteiger partial charge in [0.1, 0.15) is 10.3 Å². The molecule has 0 saturated heterocycles. The van der Waals surface area contributed by atoms with E-state index in [0.29, 0.717) is 16.7 Å². The average Bonchev–Trinajstić information content (AvgIpc) is 2.35. The highest BCUT2D eigenvalue weighted by Crippen LogP contribution is 2.16. The lowest BCUT2D eigenvalue weighted by atomic mass is 10.3. The molecule has 0 amide bonds. The van der Waals surface area contributed by atoms with E-state index in [1.165, 1.54) is 4.68 Å². The second kappa shape index (κ2) is 5.26. The number of aryl methyl sites for hydroxylation is 2. The third-order valence-electron chi connectivity index (χ3n) is 2.37. The Hall–Kier alpha value is -1.76. The van der Waals surface area contributed by atoms with Crippen molar-refractivity contribution in [3.05, 3.63) is 44.8 Å². The first-order valence-corrected chi connectivity index (χ1v) is 6.11. The molecule has 1 N–H and O–H groups in total. The third kappa shape index (κ3) is 2.73. The van der Waals surface area contributed by atoms with Gasteiger partial charge in [-0.25, -0.2) is 14.6 Å². The lowest BCUT2D eigenvalue weighted by Gasteiger charge is -2.08. The minimum Gasteiger partial charge on any atom is -0.377 e. The summed E-state index contributed by atoms with van der Waals surface area (Å²) in [6.45, 7) is 2.34. The van der Waals surface area contributed by atoms with Crippen LogP contribution in [0.3, 0.4) is 0 Å². The van der Waals surface area contributed by atoms with E-state index < -0.39 is 0 Å². The molecule has 0 aliphatic rings. The predicted molar refractivity (Wildman–Crippen MR) is 71.3 cm³/mol. The van der Waals surface area contributed by atoms with Crippen LogP contribution in [0.4, 0.5) is 5.69 Å². The molecule has 0 bridgehead atoms. The highest BCUT2D eigenvalue weighted by Gasteiger charge is 2.06. The van der Waals surface area contributed by atoms with Crippen LogP contribution >= 0.6 is 15.9 Å². The highest BCUT2D eigenvalue weighted by molar-refractivity contribution is 9.10. The zero-order valence-corrected chi connectivity index (χ0v) is 11.6. The van der Waals surface area contributed by atoms with Crippen LogP contribution in [0.15, 0.2) is 27.7 Å². The Bertz CT molecular complexity index is 625. The van der Waals surface area contributed by atoms with E-state index >= 15 is 0 Å². The summed E-state index contributed by atoms with van der Waals surface area (Å²) in [6, 6.07) is 1.82. The topological polar surface area (TPSA) is 72.7 Å². The smallest absolute Gasteiger partial charge is 0.282 e. The first-order valence-electron chi connectivity index (χ1n) is 5.32. The first kappa shape index (κ1) is 12.7. The minimum atomic E-state index is -0.182. The molecule has 0 aromatic carbocycles. The van der Waals surface area contributed by atoms with E-state index in [2.05, 4.69) is 36.3 Å². The number of halogens is 1. The number of anilines is 1. The zero-order valence-electron chi connectivity index (χ0n) is 10.0. The van der Waals surface area contributed by atoms with E-state index in [0.717, 1.165) is 11.5 Å². The maximum absolute atomic E-state index is 11.6. The molecular weight excluding hydrogens is 298 g/mol. The zero-order chi connectivity index (χ0) is 13.1. The molecule has 7 heteroatoms. The first-order chi connectivity index (χ1) is 8.58. The van der Waals surface area contributed by atoms with Crippen molar-refractivity contribution in [1.29, 1.82) is 0 Å². The largest absolute Gasteiger partial charge is 0.377 e. The second-order valence-electron chi connectivity index (χ2n) is 3.75. The Morgan fingerprint density at radius 3 is 3.00 bits per heavy atom. The molecule has 2 heterocycles. The van der Waals surface area contributed by atoms with Crippen molar-refractivity contribution < 1.29 is 0 Å². The summed E-state index contributed by atoms with van der Waals surface area (Å²) in [7, 11) is 1.60. The van der Waals surface area contributed by atoms with Crippen molar-refractivity contribution in [3.8, 4) is 0 Å². The summed E-state index contributed by atoms with van der Waals surface area (Å²) in [5.74, 6) is 0.718. The molecule has 6 nitrogen and oxygen atoms in total. The summed E-state index contributed by atoms with van der Waals surface area (Å²) in [6.07, 6.45) is 3.30. The Kier molecular flexibility index (Phi) is 3.71. The van der Waals surface area contributed by atoms with E-state index in [9.17, 15) is 4.79 Å². The van der Waals surface area contributed by atoms with E-state index in [4.69, 9.17) is 0 Å². The Morgan fingerprint density at radius 2 is 2.28 bits per heavy atom. The number of aromatic nitrogens is 4. The number of nitrogens with one attached hydrogen (secondary N) is 1. The van der Waals surface area contributed by atoms with E-state index in [1.807, 2.05) is 13.0 Å². The van der Waals surface area contributed by atoms with Crippen molar-refractivity contribution in [2.45, 2.75) is 13.5 Å². The molecule has 0 saturated carbocycles. The van der Waals surface area contributed by atoms with Gasteiger partial charge in [-0.2, -0.15) is 5.10 Å². The molecule has 0 spiro atoms. The molecule has 0 unspecified atom stereocenters. The fourth-order valence-corrected chi connectivity index (χ4v) is 1.92. The maximum atomic E-state index is 11.6. The summed E-state index contributed by atoms with van der Waals surface area (Å²) in [4.78, 5) is 19.9. The summed E-state index contributed by atoms with van der Waals surface area (Å²) in [5, 5.41) is 7.06. The van der Waals surface area contributed by atoms with E-state index in [1.54, 1.807) is 19.4 Å². The van der Waals surface area contributed by atoms with Gasteiger partial charge < -0.3 is 5.32 Å².